The first-order valence-electron chi connectivity index (χ1n) is 5.59. The molecular formula is C13H7BrCl2N2O3. The minimum atomic E-state index is -0.565. The number of benzene rings is 2. The molecule has 2 aromatic carbocycles. The van der Waals surface area contributed by atoms with Crippen LogP contribution in [-0.4, -0.2) is 10.8 Å². The molecule has 2 rings (SSSR count). The summed E-state index contributed by atoms with van der Waals surface area (Å²) in [6, 6.07) is 8.46. The van der Waals surface area contributed by atoms with E-state index < -0.39 is 10.8 Å². The molecule has 0 unspecified atom stereocenters. The third kappa shape index (κ3) is 3.72. The number of amides is 1. The topological polar surface area (TPSA) is 72.2 Å². The van der Waals surface area contributed by atoms with E-state index in [1.165, 1.54) is 24.3 Å². The Balaban J connectivity index is 2.28. The number of nitrogens with one attached hydrogen (secondary N) is 1. The molecule has 1 amide bonds. The van der Waals surface area contributed by atoms with Crippen LogP contribution in [0, 0.1) is 10.1 Å². The lowest BCUT2D eigenvalue weighted by molar-refractivity contribution is -0.384. The zero-order valence-corrected chi connectivity index (χ0v) is 13.4. The second-order valence-electron chi connectivity index (χ2n) is 4.00. The Morgan fingerprint density at radius 2 is 1.81 bits per heavy atom. The van der Waals surface area contributed by atoms with Crippen LogP contribution in [0.1, 0.15) is 10.4 Å². The number of non-ortho nitro benzene ring substituents is 1. The molecule has 0 spiro atoms. The van der Waals surface area contributed by atoms with Crippen molar-refractivity contribution in [3.05, 3.63) is 66.6 Å². The second-order valence-corrected chi connectivity index (χ2v) is 5.67. The van der Waals surface area contributed by atoms with E-state index in [-0.39, 0.29) is 16.4 Å². The summed E-state index contributed by atoms with van der Waals surface area (Å²) in [5, 5.41) is 13.9. The van der Waals surface area contributed by atoms with Gasteiger partial charge in [-0.3, -0.25) is 14.9 Å². The number of hydrogen-bond donors (Lipinski definition) is 1. The molecule has 21 heavy (non-hydrogen) atoms. The molecular weight excluding hydrogens is 383 g/mol. The number of nitro groups is 1. The summed E-state index contributed by atoms with van der Waals surface area (Å²) in [7, 11) is 0. The van der Waals surface area contributed by atoms with Gasteiger partial charge in [-0.1, -0.05) is 23.2 Å². The van der Waals surface area contributed by atoms with Gasteiger partial charge in [0, 0.05) is 22.2 Å². The van der Waals surface area contributed by atoms with Crippen molar-refractivity contribution in [3.8, 4) is 0 Å². The van der Waals surface area contributed by atoms with E-state index in [0.29, 0.717) is 15.1 Å². The Morgan fingerprint density at radius 1 is 1.14 bits per heavy atom. The first-order chi connectivity index (χ1) is 9.88. The molecule has 0 saturated heterocycles. The van der Waals surface area contributed by atoms with E-state index in [1.807, 2.05) is 0 Å². The van der Waals surface area contributed by atoms with Crippen molar-refractivity contribution in [2.75, 3.05) is 5.32 Å². The van der Waals surface area contributed by atoms with Crippen LogP contribution in [0.3, 0.4) is 0 Å². The van der Waals surface area contributed by atoms with Gasteiger partial charge in [-0.25, -0.2) is 0 Å². The van der Waals surface area contributed by atoms with Gasteiger partial charge in [-0.15, -0.1) is 0 Å². The summed E-state index contributed by atoms with van der Waals surface area (Å²) in [5.74, 6) is -0.449. The number of halogens is 3. The van der Waals surface area contributed by atoms with Crippen molar-refractivity contribution in [3.63, 3.8) is 0 Å². The van der Waals surface area contributed by atoms with Crippen LogP contribution in [0.15, 0.2) is 40.9 Å². The van der Waals surface area contributed by atoms with E-state index in [1.54, 1.807) is 12.1 Å². The van der Waals surface area contributed by atoms with E-state index in [4.69, 9.17) is 23.2 Å². The fourth-order valence-corrected chi connectivity index (χ4v) is 2.22. The van der Waals surface area contributed by atoms with Gasteiger partial charge in [0.25, 0.3) is 11.6 Å². The molecule has 0 aliphatic heterocycles. The van der Waals surface area contributed by atoms with Gasteiger partial charge >= 0.3 is 0 Å². The smallest absolute Gasteiger partial charge is 0.271 e. The van der Waals surface area contributed by atoms with Crippen LogP contribution >= 0.6 is 39.1 Å². The minimum Gasteiger partial charge on any atom is -0.320 e. The molecule has 0 aliphatic rings. The standard InChI is InChI=1S/C13H7BrCl2N2O3/c14-9-5-7(1-3-10(9)15)13(19)17-12-6-8(18(20)21)2-4-11(12)16/h1-6H,(H,17,19). The molecule has 8 heteroatoms. The zero-order chi connectivity index (χ0) is 15.6. The second kappa shape index (κ2) is 6.43. The summed E-state index contributed by atoms with van der Waals surface area (Å²) in [5.41, 5.74) is 0.350. The van der Waals surface area contributed by atoms with E-state index in [9.17, 15) is 14.9 Å². The molecule has 5 nitrogen and oxygen atoms in total. The Hall–Kier alpha value is -1.63. The van der Waals surface area contributed by atoms with Gasteiger partial charge in [-0.2, -0.15) is 0 Å². The molecule has 0 atom stereocenters. The Kier molecular flexibility index (Phi) is 4.82. The van der Waals surface area contributed by atoms with Gasteiger partial charge in [0.1, 0.15) is 0 Å². The number of nitro benzene ring substituents is 1. The molecule has 0 fully saturated rings. The highest BCUT2D eigenvalue weighted by Crippen LogP contribution is 2.28. The van der Waals surface area contributed by atoms with E-state index in [0.717, 1.165) is 0 Å². The predicted octanol–water partition coefficient (Wildman–Crippen LogP) is 4.92. The van der Waals surface area contributed by atoms with Gasteiger partial charge in [0.2, 0.25) is 0 Å². The molecule has 108 valence electrons. The number of hydrogen-bond acceptors (Lipinski definition) is 3. The van der Waals surface area contributed by atoms with Gasteiger partial charge in [-0.05, 0) is 40.2 Å². The molecule has 1 N–H and O–H groups in total. The average molecular weight is 390 g/mol. The van der Waals surface area contributed by atoms with Crippen LogP contribution in [-0.2, 0) is 0 Å². The maximum Gasteiger partial charge on any atom is 0.271 e. The molecule has 0 radical (unpaired) electrons. The monoisotopic (exact) mass is 388 g/mol. The van der Waals surface area contributed by atoms with Crippen molar-refractivity contribution >= 4 is 56.4 Å². The molecule has 0 aromatic heterocycles. The lowest BCUT2D eigenvalue weighted by Gasteiger charge is -2.08. The number of nitrogens with zero attached hydrogens (tertiary/aromatic N) is 1. The molecule has 2 aromatic rings. The average Bonchev–Trinajstić information content (AvgIpc) is 2.43. The number of rotatable bonds is 3. The number of anilines is 1. The van der Waals surface area contributed by atoms with Crippen LogP contribution in [0.25, 0.3) is 0 Å². The van der Waals surface area contributed by atoms with Crippen molar-refractivity contribution in [2.45, 2.75) is 0 Å². The van der Waals surface area contributed by atoms with Gasteiger partial charge in [0.15, 0.2) is 0 Å². The fourth-order valence-electron chi connectivity index (χ4n) is 1.55. The normalized spacial score (nSPS) is 10.2. The summed E-state index contributed by atoms with van der Waals surface area (Å²) in [6.45, 7) is 0. The molecule has 0 bridgehead atoms. The number of carbonyl (C=O) groups excluding carboxylic acids is 1. The van der Waals surface area contributed by atoms with Crippen molar-refractivity contribution in [1.82, 2.24) is 0 Å². The van der Waals surface area contributed by atoms with E-state index >= 15 is 0 Å². The van der Waals surface area contributed by atoms with Crippen LogP contribution in [0.5, 0.6) is 0 Å². The predicted molar refractivity (Wildman–Crippen MR) is 85.2 cm³/mol. The Labute approximate surface area is 138 Å². The van der Waals surface area contributed by atoms with Gasteiger partial charge in [0.05, 0.1) is 20.7 Å². The highest BCUT2D eigenvalue weighted by molar-refractivity contribution is 9.10. The Bertz CT molecular complexity index is 737. The van der Waals surface area contributed by atoms with Crippen LogP contribution in [0.4, 0.5) is 11.4 Å². The minimum absolute atomic E-state index is 0.160. The third-order valence-electron chi connectivity index (χ3n) is 2.59. The van der Waals surface area contributed by atoms with Crippen LogP contribution < -0.4 is 5.32 Å². The van der Waals surface area contributed by atoms with Crippen molar-refractivity contribution in [2.24, 2.45) is 0 Å². The quantitative estimate of drug-likeness (QED) is 0.598. The number of carbonyl (C=O) groups is 1. The summed E-state index contributed by atoms with van der Waals surface area (Å²) in [4.78, 5) is 22.3. The first-order valence-corrected chi connectivity index (χ1v) is 7.13. The van der Waals surface area contributed by atoms with Crippen molar-refractivity contribution < 1.29 is 9.72 Å². The highest BCUT2D eigenvalue weighted by Gasteiger charge is 2.14. The fraction of sp³-hybridized carbons (Fsp3) is 0. The lowest BCUT2D eigenvalue weighted by atomic mass is 10.2. The third-order valence-corrected chi connectivity index (χ3v) is 4.13. The summed E-state index contributed by atoms with van der Waals surface area (Å²) in [6.07, 6.45) is 0. The van der Waals surface area contributed by atoms with E-state index in [2.05, 4.69) is 21.2 Å². The highest BCUT2D eigenvalue weighted by atomic mass is 79.9. The maximum atomic E-state index is 12.1. The largest absolute Gasteiger partial charge is 0.320 e. The zero-order valence-electron chi connectivity index (χ0n) is 10.3. The molecule has 0 aliphatic carbocycles. The summed E-state index contributed by atoms with van der Waals surface area (Å²) < 4.78 is 0.571. The first kappa shape index (κ1) is 15.8. The molecule has 0 heterocycles. The summed E-state index contributed by atoms with van der Waals surface area (Å²) >= 11 is 15.0. The SMILES string of the molecule is O=C(Nc1cc([N+](=O)[O-])ccc1Cl)c1ccc(Cl)c(Br)c1. The van der Waals surface area contributed by atoms with Crippen LogP contribution in [0.2, 0.25) is 10.0 Å². The molecule has 0 saturated carbocycles. The maximum absolute atomic E-state index is 12.1. The van der Waals surface area contributed by atoms with Gasteiger partial charge < -0.3 is 5.32 Å². The van der Waals surface area contributed by atoms with Crippen molar-refractivity contribution in [1.29, 1.82) is 0 Å². The lowest BCUT2D eigenvalue weighted by Crippen LogP contribution is -2.12. The Morgan fingerprint density at radius 3 is 2.43 bits per heavy atom.